The van der Waals surface area contributed by atoms with Crippen LogP contribution in [0.2, 0.25) is 0 Å². The predicted octanol–water partition coefficient (Wildman–Crippen LogP) is 3.55. The molecule has 7 heteroatoms. The zero-order chi connectivity index (χ0) is 18.4. The third-order valence-corrected chi connectivity index (χ3v) is 3.00. The summed E-state index contributed by atoms with van der Waals surface area (Å²) in [6, 6.07) is 9.21. The molecule has 0 aliphatic heterocycles. The summed E-state index contributed by atoms with van der Waals surface area (Å²) < 4.78 is 36.2. The third kappa shape index (κ3) is 5.56. The van der Waals surface area contributed by atoms with Crippen LogP contribution >= 0.6 is 0 Å². The molecule has 1 amide bonds. The lowest BCUT2D eigenvalue weighted by Gasteiger charge is -2.10. The molecule has 0 atom stereocenters. The summed E-state index contributed by atoms with van der Waals surface area (Å²) in [7, 11) is 0. The summed E-state index contributed by atoms with van der Waals surface area (Å²) in [4.78, 5) is 23.6. The van der Waals surface area contributed by atoms with Gasteiger partial charge in [-0.1, -0.05) is 0 Å². The van der Waals surface area contributed by atoms with Gasteiger partial charge in [-0.05, 0) is 50.2 Å². The smallest absolute Gasteiger partial charge is 0.338 e. The summed E-state index contributed by atoms with van der Waals surface area (Å²) in [6.07, 6.45) is 0.0118. The summed E-state index contributed by atoms with van der Waals surface area (Å²) in [5.74, 6) is -2.84. The Bertz CT molecular complexity index is 760. The number of anilines is 1. The van der Waals surface area contributed by atoms with Crippen LogP contribution in [0.4, 0.5) is 14.5 Å². The van der Waals surface area contributed by atoms with Crippen molar-refractivity contribution in [2.24, 2.45) is 0 Å². The molecule has 2 aromatic carbocycles. The molecule has 132 valence electrons. The standard InChI is InChI=1S/C18H17F2NO4/c1-11(2)25-14-6-3-12(4-7-14)18(23)24-10-17(22)21-13-5-8-15(19)16(20)9-13/h3-9,11H,10H2,1-2H3,(H,21,22). The highest BCUT2D eigenvalue weighted by atomic mass is 19.2. The van der Waals surface area contributed by atoms with Gasteiger partial charge in [-0.25, -0.2) is 13.6 Å². The van der Waals surface area contributed by atoms with E-state index in [0.717, 1.165) is 12.1 Å². The van der Waals surface area contributed by atoms with Gasteiger partial charge in [0.15, 0.2) is 18.2 Å². The maximum Gasteiger partial charge on any atom is 0.338 e. The fourth-order valence-corrected chi connectivity index (χ4v) is 1.93. The zero-order valence-corrected chi connectivity index (χ0v) is 13.7. The second-order valence-electron chi connectivity index (χ2n) is 5.44. The van der Waals surface area contributed by atoms with E-state index < -0.39 is 30.1 Å². The molecule has 0 radical (unpaired) electrons. The van der Waals surface area contributed by atoms with Crippen LogP contribution in [0.15, 0.2) is 42.5 Å². The monoisotopic (exact) mass is 349 g/mol. The Morgan fingerprint density at radius 3 is 2.32 bits per heavy atom. The molecule has 0 saturated carbocycles. The Balaban J connectivity index is 1.86. The lowest BCUT2D eigenvalue weighted by Crippen LogP contribution is -2.21. The number of benzene rings is 2. The summed E-state index contributed by atoms with van der Waals surface area (Å²) in [6.45, 7) is 3.21. The van der Waals surface area contributed by atoms with E-state index in [9.17, 15) is 18.4 Å². The Hall–Kier alpha value is -2.96. The number of hydrogen-bond donors (Lipinski definition) is 1. The summed E-state index contributed by atoms with van der Waals surface area (Å²) in [5, 5.41) is 2.30. The van der Waals surface area contributed by atoms with E-state index in [2.05, 4.69) is 5.32 Å². The van der Waals surface area contributed by atoms with Crippen LogP contribution in [0.1, 0.15) is 24.2 Å². The van der Waals surface area contributed by atoms with E-state index in [1.54, 1.807) is 12.1 Å². The van der Waals surface area contributed by atoms with Crippen LogP contribution in [0.3, 0.4) is 0 Å². The van der Waals surface area contributed by atoms with Crippen molar-refractivity contribution in [2.75, 3.05) is 11.9 Å². The topological polar surface area (TPSA) is 64.6 Å². The first-order valence-electron chi connectivity index (χ1n) is 7.54. The number of carbonyl (C=O) groups is 2. The van der Waals surface area contributed by atoms with Crippen LogP contribution < -0.4 is 10.1 Å². The first kappa shape index (κ1) is 18.4. The third-order valence-electron chi connectivity index (χ3n) is 3.00. The maximum absolute atomic E-state index is 13.1. The number of amides is 1. The van der Waals surface area contributed by atoms with Gasteiger partial charge in [0, 0.05) is 11.8 Å². The molecule has 2 aromatic rings. The van der Waals surface area contributed by atoms with Crippen LogP contribution in [0.25, 0.3) is 0 Å². The normalized spacial score (nSPS) is 10.4. The summed E-state index contributed by atoms with van der Waals surface area (Å²) in [5.41, 5.74) is 0.326. The number of ether oxygens (including phenoxy) is 2. The number of esters is 1. The highest BCUT2D eigenvalue weighted by molar-refractivity contribution is 5.95. The molecule has 0 heterocycles. The fraction of sp³-hybridized carbons (Fsp3) is 0.222. The number of nitrogens with one attached hydrogen (secondary N) is 1. The van der Waals surface area contributed by atoms with Gasteiger partial charge in [-0.2, -0.15) is 0 Å². The van der Waals surface area contributed by atoms with E-state index in [4.69, 9.17) is 9.47 Å². The van der Waals surface area contributed by atoms with Crippen molar-refractivity contribution in [3.8, 4) is 5.75 Å². The second-order valence-corrected chi connectivity index (χ2v) is 5.44. The highest BCUT2D eigenvalue weighted by Gasteiger charge is 2.12. The molecule has 0 bridgehead atoms. The van der Waals surface area contributed by atoms with Gasteiger partial charge in [-0.15, -0.1) is 0 Å². The van der Waals surface area contributed by atoms with Crippen LogP contribution in [0.5, 0.6) is 5.75 Å². The number of rotatable bonds is 6. The zero-order valence-electron chi connectivity index (χ0n) is 13.7. The Kier molecular flexibility index (Phi) is 6.05. The molecule has 0 unspecified atom stereocenters. The molecule has 0 spiro atoms. The Labute approximate surface area is 143 Å². The second kappa shape index (κ2) is 8.23. The minimum Gasteiger partial charge on any atom is -0.491 e. The van der Waals surface area contributed by atoms with Crippen LogP contribution in [0, 0.1) is 11.6 Å². The van der Waals surface area contributed by atoms with Crippen molar-refractivity contribution in [2.45, 2.75) is 20.0 Å². The molecule has 0 aromatic heterocycles. The van der Waals surface area contributed by atoms with Crippen molar-refractivity contribution in [3.05, 3.63) is 59.7 Å². The van der Waals surface area contributed by atoms with E-state index in [0.29, 0.717) is 5.75 Å². The van der Waals surface area contributed by atoms with Crippen molar-refractivity contribution in [1.29, 1.82) is 0 Å². The summed E-state index contributed by atoms with van der Waals surface area (Å²) >= 11 is 0. The quantitative estimate of drug-likeness (QED) is 0.810. The number of halogens is 2. The van der Waals surface area contributed by atoms with Gasteiger partial charge < -0.3 is 14.8 Å². The van der Waals surface area contributed by atoms with E-state index in [-0.39, 0.29) is 17.4 Å². The lowest BCUT2D eigenvalue weighted by atomic mass is 10.2. The molecule has 0 fully saturated rings. The van der Waals surface area contributed by atoms with Gasteiger partial charge in [0.1, 0.15) is 5.75 Å². The molecule has 0 aliphatic rings. The fourth-order valence-electron chi connectivity index (χ4n) is 1.93. The van der Waals surface area contributed by atoms with Gasteiger partial charge >= 0.3 is 5.97 Å². The lowest BCUT2D eigenvalue weighted by molar-refractivity contribution is -0.119. The Morgan fingerprint density at radius 1 is 1.04 bits per heavy atom. The molecule has 1 N–H and O–H groups in total. The van der Waals surface area contributed by atoms with E-state index >= 15 is 0 Å². The first-order valence-corrected chi connectivity index (χ1v) is 7.54. The number of hydrogen-bond acceptors (Lipinski definition) is 4. The highest BCUT2D eigenvalue weighted by Crippen LogP contribution is 2.15. The maximum atomic E-state index is 13.1. The van der Waals surface area contributed by atoms with Crippen LogP contribution in [-0.4, -0.2) is 24.6 Å². The largest absolute Gasteiger partial charge is 0.491 e. The molecule has 0 aliphatic carbocycles. The molecule has 5 nitrogen and oxygen atoms in total. The SMILES string of the molecule is CC(C)Oc1ccc(C(=O)OCC(=O)Nc2ccc(F)c(F)c2)cc1. The van der Waals surface area contributed by atoms with Crippen molar-refractivity contribution in [3.63, 3.8) is 0 Å². The van der Waals surface area contributed by atoms with Crippen molar-refractivity contribution in [1.82, 2.24) is 0 Å². The van der Waals surface area contributed by atoms with Crippen molar-refractivity contribution < 1.29 is 27.8 Å². The average Bonchev–Trinajstić information content (AvgIpc) is 2.56. The van der Waals surface area contributed by atoms with Gasteiger partial charge in [-0.3, -0.25) is 4.79 Å². The molecule has 0 saturated heterocycles. The van der Waals surface area contributed by atoms with Gasteiger partial charge in [0.2, 0.25) is 0 Å². The van der Waals surface area contributed by atoms with E-state index in [1.165, 1.54) is 18.2 Å². The molecular formula is C18H17F2NO4. The average molecular weight is 349 g/mol. The molecule has 2 rings (SSSR count). The Morgan fingerprint density at radius 2 is 1.72 bits per heavy atom. The van der Waals surface area contributed by atoms with E-state index in [1.807, 2.05) is 13.8 Å². The molecular weight excluding hydrogens is 332 g/mol. The molecule has 25 heavy (non-hydrogen) atoms. The predicted molar refractivity (Wildman–Crippen MR) is 87.5 cm³/mol. The van der Waals surface area contributed by atoms with Crippen LogP contribution in [-0.2, 0) is 9.53 Å². The first-order chi connectivity index (χ1) is 11.8. The van der Waals surface area contributed by atoms with Gasteiger partial charge in [0.25, 0.3) is 5.91 Å². The number of carbonyl (C=O) groups excluding carboxylic acids is 2. The minimum atomic E-state index is -1.08. The van der Waals surface area contributed by atoms with Crippen molar-refractivity contribution >= 4 is 17.6 Å². The minimum absolute atomic E-state index is 0.0118. The van der Waals surface area contributed by atoms with Gasteiger partial charge in [0.05, 0.1) is 11.7 Å².